The van der Waals surface area contributed by atoms with Gasteiger partial charge in [-0.1, -0.05) is 30.3 Å². The van der Waals surface area contributed by atoms with Crippen LogP contribution < -0.4 is 4.90 Å². The van der Waals surface area contributed by atoms with Crippen LogP contribution in [0.15, 0.2) is 71.6 Å². The molecule has 2 unspecified atom stereocenters. The molecule has 2 fully saturated rings. The van der Waals surface area contributed by atoms with Crippen LogP contribution in [0.1, 0.15) is 17.7 Å². The molecule has 0 amide bonds. The molecule has 5 rings (SSSR count). The molecule has 4 heterocycles. The van der Waals surface area contributed by atoms with Crippen LogP contribution in [0.3, 0.4) is 0 Å². The van der Waals surface area contributed by atoms with Gasteiger partial charge in [-0.15, -0.1) is 0 Å². The molecular weight excluding hydrogens is 336 g/mol. The predicted octanol–water partition coefficient (Wildman–Crippen LogP) is 3.35. The lowest BCUT2D eigenvalue weighted by Gasteiger charge is -2.44. The fourth-order valence-corrected chi connectivity index (χ4v) is 4.91. The van der Waals surface area contributed by atoms with E-state index >= 15 is 0 Å². The van der Waals surface area contributed by atoms with Crippen LogP contribution in [0, 0.1) is 5.92 Å². The number of hydrogen-bond donors (Lipinski definition) is 0. The van der Waals surface area contributed by atoms with Crippen molar-refractivity contribution in [1.82, 2.24) is 14.9 Å². The predicted molar refractivity (Wildman–Crippen MR) is 104 cm³/mol. The molecule has 0 radical (unpaired) electrons. The molecule has 2 aliphatic rings. The Balaban J connectivity index is 1.44. The summed E-state index contributed by atoms with van der Waals surface area (Å²) in [5, 5.41) is 0. The lowest BCUT2D eigenvalue weighted by molar-refractivity contribution is 0.264. The van der Waals surface area contributed by atoms with Crippen molar-refractivity contribution in [3.8, 4) is 0 Å². The maximum absolute atomic E-state index is 5.61. The quantitative estimate of drug-likeness (QED) is 0.714. The maximum Gasteiger partial charge on any atom is 0.225 e. The Morgan fingerprint density at radius 2 is 1.85 bits per heavy atom. The lowest BCUT2D eigenvalue weighted by atomic mass is 9.68. The Hall–Kier alpha value is -2.66. The topological polar surface area (TPSA) is 45.4 Å². The van der Waals surface area contributed by atoms with Crippen molar-refractivity contribution in [2.24, 2.45) is 5.92 Å². The first-order valence-corrected chi connectivity index (χ1v) is 9.66. The second kappa shape index (κ2) is 6.82. The number of likely N-dealkylation sites (tertiary alicyclic amines) is 1. The van der Waals surface area contributed by atoms with Gasteiger partial charge in [-0.3, -0.25) is 4.90 Å². The first-order chi connectivity index (χ1) is 13.3. The summed E-state index contributed by atoms with van der Waals surface area (Å²) in [6, 6.07) is 17.0. The van der Waals surface area contributed by atoms with E-state index in [9.17, 15) is 0 Å². The summed E-state index contributed by atoms with van der Waals surface area (Å²) in [7, 11) is 0. The van der Waals surface area contributed by atoms with Crippen molar-refractivity contribution in [1.29, 1.82) is 0 Å². The first kappa shape index (κ1) is 16.5. The van der Waals surface area contributed by atoms with Crippen molar-refractivity contribution in [3.05, 3.63) is 78.5 Å². The van der Waals surface area contributed by atoms with Gasteiger partial charge in [0.15, 0.2) is 0 Å². The second-order valence-electron chi connectivity index (χ2n) is 7.71. The van der Waals surface area contributed by atoms with Crippen LogP contribution in [0.2, 0.25) is 0 Å². The summed E-state index contributed by atoms with van der Waals surface area (Å²) >= 11 is 0. The molecule has 0 saturated carbocycles. The molecule has 0 bridgehead atoms. The molecule has 2 atom stereocenters. The highest BCUT2D eigenvalue weighted by Gasteiger charge is 2.50. The van der Waals surface area contributed by atoms with Crippen LogP contribution >= 0.6 is 0 Å². The number of hydrogen-bond acceptors (Lipinski definition) is 5. The van der Waals surface area contributed by atoms with E-state index in [4.69, 9.17) is 4.42 Å². The summed E-state index contributed by atoms with van der Waals surface area (Å²) in [5.74, 6) is 2.44. The largest absolute Gasteiger partial charge is 0.468 e. The Bertz CT molecular complexity index is 868. The van der Waals surface area contributed by atoms with Gasteiger partial charge >= 0.3 is 0 Å². The minimum Gasteiger partial charge on any atom is -0.468 e. The summed E-state index contributed by atoms with van der Waals surface area (Å²) in [6.45, 7) is 5.00. The molecule has 5 nitrogen and oxygen atoms in total. The Morgan fingerprint density at radius 3 is 2.63 bits per heavy atom. The van der Waals surface area contributed by atoms with E-state index in [-0.39, 0.29) is 5.41 Å². The van der Waals surface area contributed by atoms with Crippen LogP contribution in [-0.2, 0) is 12.0 Å². The molecule has 138 valence electrons. The number of rotatable bonds is 4. The van der Waals surface area contributed by atoms with E-state index < -0.39 is 0 Å². The van der Waals surface area contributed by atoms with Crippen LogP contribution in [-0.4, -0.2) is 41.0 Å². The molecule has 2 aliphatic heterocycles. The van der Waals surface area contributed by atoms with Gasteiger partial charge in [-0.05, 0) is 30.2 Å². The molecule has 5 heteroatoms. The maximum atomic E-state index is 5.61. The highest BCUT2D eigenvalue weighted by molar-refractivity contribution is 5.37. The van der Waals surface area contributed by atoms with E-state index in [1.807, 2.05) is 24.5 Å². The van der Waals surface area contributed by atoms with Gasteiger partial charge in [0.25, 0.3) is 0 Å². The van der Waals surface area contributed by atoms with Crippen molar-refractivity contribution in [2.45, 2.75) is 18.4 Å². The summed E-state index contributed by atoms with van der Waals surface area (Å²) < 4.78 is 5.61. The van der Waals surface area contributed by atoms with E-state index in [2.05, 4.69) is 56.2 Å². The zero-order valence-corrected chi connectivity index (χ0v) is 15.4. The monoisotopic (exact) mass is 360 g/mol. The minimum atomic E-state index is 0.194. The van der Waals surface area contributed by atoms with Gasteiger partial charge in [-0.2, -0.15) is 0 Å². The fraction of sp³-hybridized carbons (Fsp3) is 0.364. The molecular formula is C22H24N4O. The molecule has 2 aromatic heterocycles. The summed E-state index contributed by atoms with van der Waals surface area (Å²) in [6.07, 6.45) is 6.55. The Morgan fingerprint density at radius 1 is 1.00 bits per heavy atom. The van der Waals surface area contributed by atoms with Crippen molar-refractivity contribution in [2.75, 3.05) is 31.1 Å². The Kier molecular flexibility index (Phi) is 4.17. The zero-order valence-electron chi connectivity index (χ0n) is 15.4. The van der Waals surface area contributed by atoms with E-state index in [0.29, 0.717) is 5.92 Å². The zero-order chi connectivity index (χ0) is 18.1. The van der Waals surface area contributed by atoms with Crippen molar-refractivity contribution < 1.29 is 4.42 Å². The first-order valence-electron chi connectivity index (χ1n) is 9.66. The van der Waals surface area contributed by atoms with E-state index in [0.717, 1.165) is 50.9 Å². The third-order valence-electron chi connectivity index (χ3n) is 6.18. The van der Waals surface area contributed by atoms with Crippen LogP contribution in [0.5, 0.6) is 0 Å². The van der Waals surface area contributed by atoms with Gasteiger partial charge in [0.1, 0.15) is 5.76 Å². The molecule has 27 heavy (non-hydrogen) atoms. The minimum absolute atomic E-state index is 0.194. The van der Waals surface area contributed by atoms with Crippen molar-refractivity contribution in [3.63, 3.8) is 0 Å². The summed E-state index contributed by atoms with van der Waals surface area (Å²) in [4.78, 5) is 13.9. The standard InChI is InChI=1S/C22H24N4O/c1-2-6-18(7-3-1)22-9-12-26(21-23-10-5-11-24-21)15-19(22)14-25(17-22)16-20-8-4-13-27-20/h1-8,10-11,13,19H,9,12,14-17H2. The second-order valence-corrected chi connectivity index (χ2v) is 7.71. The smallest absolute Gasteiger partial charge is 0.225 e. The van der Waals surface area contributed by atoms with Gasteiger partial charge in [0.05, 0.1) is 12.8 Å². The average Bonchev–Trinajstić information content (AvgIpc) is 3.37. The van der Waals surface area contributed by atoms with Crippen LogP contribution in [0.4, 0.5) is 5.95 Å². The SMILES string of the molecule is c1ccc(C23CCN(c4ncccn4)CC2CN(Cc2ccco2)C3)cc1. The molecule has 0 aliphatic carbocycles. The van der Waals surface area contributed by atoms with E-state index in [1.54, 1.807) is 6.26 Å². The average molecular weight is 360 g/mol. The van der Waals surface area contributed by atoms with Gasteiger partial charge in [-0.25, -0.2) is 9.97 Å². The molecule has 1 aromatic carbocycles. The number of benzene rings is 1. The third-order valence-corrected chi connectivity index (χ3v) is 6.18. The third kappa shape index (κ3) is 3.02. The van der Waals surface area contributed by atoms with Gasteiger partial charge < -0.3 is 9.32 Å². The van der Waals surface area contributed by atoms with Crippen LogP contribution in [0.25, 0.3) is 0 Å². The number of nitrogens with zero attached hydrogens (tertiary/aromatic N) is 4. The van der Waals surface area contributed by atoms with Gasteiger partial charge in [0.2, 0.25) is 5.95 Å². The molecule has 2 saturated heterocycles. The number of furan rings is 1. The fourth-order valence-electron chi connectivity index (χ4n) is 4.91. The normalized spacial score (nSPS) is 25.5. The number of fused-ring (bicyclic) bond motifs is 1. The molecule has 0 N–H and O–H groups in total. The van der Waals surface area contributed by atoms with Crippen molar-refractivity contribution >= 4 is 5.95 Å². The van der Waals surface area contributed by atoms with E-state index in [1.165, 1.54) is 5.56 Å². The highest BCUT2D eigenvalue weighted by atomic mass is 16.3. The lowest BCUT2D eigenvalue weighted by Crippen LogP contribution is -2.50. The number of piperidine rings is 1. The molecule has 0 spiro atoms. The van der Waals surface area contributed by atoms with Gasteiger partial charge in [0, 0.05) is 49.9 Å². The number of aromatic nitrogens is 2. The highest BCUT2D eigenvalue weighted by Crippen LogP contribution is 2.46. The molecule has 3 aromatic rings. The Labute approximate surface area is 159 Å². The number of anilines is 1. The summed E-state index contributed by atoms with van der Waals surface area (Å²) in [5.41, 5.74) is 1.66.